The summed E-state index contributed by atoms with van der Waals surface area (Å²) in [6.45, 7) is 12.9. The number of cyclic esters (lactones) is 1. The van der Waals surface area contributed by atoms with Crippen molar-refractivity contribution >= 4 is 29.2 Å². The van der Waals surface area contributed by atoms with E-state index >= 15 is 0 Å². The topological polar surface area (TPSA) is 186 Å². The number of hydrogen-bond acceptors (Lipinski definition) is 12. The molecule has 4 rings (SSSR count). The molecule has 1 aliphatic carbocycles. The third-order valence-electron chi connectivity index (χ3n) is 14.1. The van der Waals surface area contributed by atoms with Crippen LogP contribution in [0, 0.1) is 35.5 Å². The molecule has 0 aromatic carbocycles. The van der Waals surface area contributed by atoms with Crippen molar-refractivity contribution in [1.82, 2.24) is 4.90 Å². The van der Waals surface area contributed by atoms with Crippen molar-refractivity contribution < 1.29 is 58.2 Å². The number of methoxy groups -OCH3 is 2. The van der Waals surface area contributed by atoms with Crippen LogP contribution < -0.4 is 0 Å². The lowest BCUT2D eigenvalue weighted by molar-refractivity contribution is -0.262. The SMILES string of the molecule is CO[C@@H]1C[C@H](C[C@@H](C)[C@@H]2CC(=O)[C@H](C)/C=C(\C)[C@@H](O)[C@@H](OC)C(=O)[C@H](C)C[C@H](C)C/C=C/C=C/C(C)=C/C[C@@H]3CC[C@@H](C)[C@@](O)(O3)C(=O)C(=O)N3CCCC[C@H]3C(=O)O2)CC[C@H]1O. The van der Waals surface area contributed by atoms with Gasteiger partial charge in [0.1, 0.15) is 30.1 Å². The van der Waals surface area contributed by atoms with Crippen LogP contribution in [-0.4, -0.2) is 119 Å². The summed E-state index contributed by atoms with van der Waals surface area (Å²) in [7, 11) is 2.96. The number of piperidine rings is 1. The molecule has 2 saturated heterocycles. The van der Waals surface area contributed by atoms with Gasteiger partial charge in [0.15, 0.2) is 5.78 Å². The second-order valence-corrected chi connectivity index (χ2v) is 19.3. The Hall–Kier alpha value is -3.33. The Balaban J connectivity index is 1.67. The van der Waals surface area contributed by atoms with Crippen molar-refractivity contribution in [1.29, 1.82) is 0 Å². The Kier molecular flexibility index (Phi) is 20.1. The number of Topliss-reactive ketones (excluding diaryl/α,β-unsaturated/α-hetero) is 3. The summed E-state index contributed by atoms with van der Waals surface area (Å²) in [6, 6.07) is -1.12. The Morgan fingerprint density at radius 1 is 0.905 bits per heavy atom. The lowest BCUT2D eigenvalue weighted by Gasteiger charge is -2.42. The van der Waals surface area contributed by atoms with Crippen LogP contribution >= 0.6 is 0 Å². The van der Waals surface area contributed by atoms with E-state index in [2.05, 4.69) is 6.92 Å². The molecule has 0 unspecified atom stereocenters. The molecular weight excluding hydrogens is 807 g/mol. The molecular formula is C50H77NO12. The molecule has 1 saturated carbocycles. The molecule has 3 N–H and O–H groups in total. The van der Waals surface area contributed by atoms with Gasteiger partial charge in [0.2, 0.25) is 5.79 Å². The van der Waals surface area contributed by atoms with Gasteiger partial charge in [-0.15, -0.1) is 0 Å². The summed E-state index contributed by atoms with van der Waals surface area (Å²) >= 11 is 0. The fraction of sp³-hybridized carbons (Fsp3) is 0.740. The number of carbonyl (C=O) groups excluding carboxylic acids is 5. The minimum Gasteiger partial charge on any atom is -0.460 e. The van der Waals surface area contributed by atoms with E-state index in [0.29, 0.717) is 63.4 Å². The van der Waals surface area contributed by atoms with Gasteiger partial charge in [-0.3, -0.25) is 19.2 Å². The number of aliphatic hydroxyl groups is 3. The number of allylic oxidation sites excluding steroid dienone is 6. The Bertz CT molecular complexity index is 1700. The summed E-state index contributed by atoms with van der Waals surface area (Å²) < 4.78 is 23.4. The Morgan fingerprint density at radius 3 is 2.33 bits per heavy atom. The first kappa shape index (κ1) is 52.3. The largest absolute Gasteiger partial charge is 0.460 e. The summed E-state index contributed by atoms with van der Waals surface area (Å²) in [6.07, 6.45) is 13.1. The van der Waals surface area contributed by atoms with Gasteiger partial charge in [-0.25, -0.2) is 4.79 Å². The van der Waals surface area contributed by atoms with Gasteiger partial charge in [-0.05, 0) is 114 Å². The normalized spacial score (nSPS) is 40.1. The molecule has 4 aliphatic rings. The monoisotopic (exact) mass is 884 g/mol. The van der Waals surface area contributed by atoms with E-state index in [4.69, 9.17) is 18.9 Å². The minimum atomic E-state index is -2.37. The molecule has 13 heteroatoms. The minimum absolute atomic E-state index is 0.106. The standard InChI is InChI=1S/C50H77NO12/c1-30-15-11-10-12-16-31(2)25-34(5)44(54)46(61-9)45(55)35(6)26-32(3)41(53)29-42(33(4)27-37-20-23-40(52)43(28-37)60-8)62-49(58)39-17-13-14-24-51(39)48(57)47(56)50(59)36(7)19-22-38(63-50)21-18-30/h10-12,15,18,26,31-34,36-40,42-43,45-46,52,55,59H,13-14,16-17,19-25,27-29H2,1-9H3/b12-10+,15-11+,30-18+,35-26+/t31-,32-,33-,34-,36-,37+,38-,39+,40-,42+,43-,45-,46+,50-/m1/s1. The van der Waals surface area contributed by atoms with Gasteiger partial charge in [-0.2, -0.15) is 0 Å². The van der Waals surface area contributed by atoms with Crippen molar-refractivity contribution in [3.8, 4) is 0 Å². The van der Waals surface area contributed by atoms with Crippen LogP contribution in [0.5, 0.6) is 0 Å². The second-order valence-electron chi connectivity index (χ2n) is 19.3. The Morgan fingerprint density at radius 2 is 1.63 bits per heavy atom. The molecule has 13 nitrogen and oxygen atoms in total. The fourth-order valence-electron chi connectivity index (χ4n) is 9.82. The molecule has 2 bridgehead atoms. The number of ketones is 3. The van der Waals surface area contributed by atoms with Crippen LogP contribution in [0.2, 0.25) is 0 Å². The highest BCUT2D eigenvalue weighted by Crippen LogP contribution is 2.37. The number of carbonyl (C=O) groups is 5. The zero-order chi connectivity index (χ0) is 46.6. The third kappa shape index (κ3) is 14.1. The van der Waals surface area contributed by atoms with E-state index in [1.165, 1.54) is 12.0 Å². The van der Waals surface area contributed by atoms with Crippen LogP contribution in [0.1, 0.15) is 132 Å². The van der Waals surface area contributed by atoms with E-state index in [0.717, 1.165) is 18.4 Å². The van der Waals surface area contributed by atoms with Crippen LogP contribution in [0.25, 0.3) is 0 Å². The van der Waals surface area contributed by atoms with Crippen LogP contribution in [0.15, 0.2) is 47.6 Å². The van der Waals surface area contributed by atoms with Crippen molar-refractivity contribution in [3.63, 3.8) is 0 Å². The highest BCUT2D eigenvalue weighted by molar-refractivity contribution is 6.39. The highest BCUT2D eigenvalue weighted by Gasteiger charge is 2.52. The predicted octanol–water partition coefficient (Wildman–Crippen LogP) is 6.56. The first-order chi connectivity index (χ1) is 29.8. The molecule has 3 heterocycles. The van der Waals surface area contributed by atoms with Gasteiger partial charge in [-0.1, -0.05) is 76.6 Å². The number of rotatable bonds is 5. The number of amides is 1. The number of nitrogens with zero attached hydrogens (tertiary/aromatic N) is 1. The van der Waals surface area contributed by atoms with Gasteiger partial charge < -0.3 is 39.2 Å². The van der Waals surface area contributed by atoms with E-state index in [-0.39, 0.29) is 54.8 Å². The lowest BCUT2D eigenvalue weighted by atomic mass is 9.78. The van der Waals surface area contributed by atoms with E-state index in [9.17, 15) is 39.3 Å². The fourth-order valence-corrected chi connectivity index (χ4v) is 9.82. The van der Waals surface area contributed by atoms with E-state index in [1.54, 1.807) is 34.0 Å². The summed E-state index contributed by atoms with van der Waals surface area (Å²) in [5, 5.41) is 33.7. The van der Waals surface area contributed by atoms with Gasteiger partial charge in [0.05, 0.1) is 18.3 Å². The molecule has 63 heavy (non-hydrogen) atoms. The van der Waals surface area contributed by atoms with Crippen LogP contribution in [-0.2, 0) is 42.9 Å². The summed E-state index contributed by atoms with van der Waals surface area (Å²) in [5.41, 5.74) is 1.35. The number of ether oxygens (including phenoxy) is 4. The first-order valence-electron chi connectivity index (χ1n) is 23.4. The predicted molar refractivity (Wildman–Crippen MR) is 239 cm³/mol. The lowest BCUT2D eigenvalue weighted by Crippen LogP contribution is -2.60. The van der Waals surface area contributed by atoms with E-state index in [1.807, 2.05) is 51.2 Å². The average molecular weight is 884 g/mol. The summed E-state index contributed by atoms with van der Waals surface area (Å²) in [5.74, 6) is -7.53. The maximum absolute atomic E-state index is 14.3. The molecule has 354 valence electrons. The molecule has 0 spiro atoms. The maximum Gasteiger partial charge on any atom is 0.329 e. The number of fused-ring (bicyclic) bond motifs is 3. The maximum atomic E-state index is 14.3. The van der Waals surface area contributed by atoms with Crippen LogP contribution in [0.4, 0.5) is 0 Å². The molecule has 3 aliphatic heterocycles. The van der Waals surface area contributed by atoms with Crippen molar-refractivity contribution in [2.24, 2.45) is 35.5 Å². The first-order valence-corrected chi connectivity index (χ1v) is 23.4. The van der Waals surface area contributed by atoms with Crippen LogP contribution in [0.3, 0.4) is 0 Å². The third-order valence-corrected chi connectivity index (χ3v) is 14.1. The van der Waals surface area contributed by atoms with Gasteiger partial charge >= 0.3 is 5.97 Å². The highest BCUT2D eigenvalue weighted by atomic mass is 16.6. The van der Waals surface area contributed by atoms with Crippen molar-refractivity contribution in [2.45, 2.75) is 180 Å². The zero-order valence-corrected chi connectivity index (χ0v) is 39.3. The molecule has 0 aromatic rings. The average Bonchev–Trinajstić information content (AvgIpc) is 3.26. The number of hydrogen-bond donors (Lipinski definition) is 3. The quantitative estimate of drug-likeness (QED) is 0.154. The molecule has 3 fully saturated rings. The molecule has 1 amide bonds. The van der Waals surface area contributed by atoms with Crippen molar-refractivity contribution in [3.05, 3.63) is 47.6 Å². The smallest absolute Gasteiger partial charge is 0.329 e. The van der Waals surface area contributed by atoms with E-state index < -0.39 is 77.8 Å². The molecule has 0 aromatic heterocycles. The van der Waals surface area contributed by atoms with Gasteiger partial charge in [0, 0.05) is 44.9 Å². The second kappa shape index (κ2) is 24.3. The Labute approximate surface area is 375 Å². The zero-order valence-electron chi connectivity index (χ0n) is 39.3. The number of esters is 1. The van der Waals surface area contributed by atoms with Gasteiger partial charge in [0.25, 0.3) is 11.7 Å². The summed E-state index contributed by atoms with van der Waals surface area (Å²) in [4.78, 5) is 71.4. The molecule has 0 radical (unpaired) electrons. The molecule has 14 atom stereocenters. The number of aliphatic hydroxyl groups excluding tert-OH is 2. The van der Waals surface area contributed by atoms with Crippen molar-refractivity contribution in [2.75, 3.05) is 20.8 Å².